The minimum atomic E-state index is -3.23. The van der Waals surface area contributed by atoms with E-state index in [1.807, 2.05) is 0 Å². The fourth-order valence-electron chi connectivity index (χ4n) is 3.41. The number of aryl methyl sites for hydroxylation is 1. The van der Waals surface area contributed by atoms with Gasteiger partial charge in [0.2, 0.25) is 6.41 Å². The summed E-state index contributed by atoms with van der Waals surface area (Å²) in [7, 11) is 0. The van der Waals surface area contributed by atoms with Gasteiger partial charge in [0, 0.05) is 23.4 Å². The molecule has 1 aromatic heterocycles. The number of alkyl halides is 2. The van der Waals surface area contributed by atoms with Crippen molar-refractivity contribution in [2.45, 2.75) is 25.8 Å². The lowest BCUT2D eigenvalue weighted by molar-refractivity contribution is -0.109. The number of halogens is 2. The summed E-state index contributed by atoms with van der Waals surface area (Å²) < 4.78 is 29.1. The van der Waals surface area contributed by atoms with Crippen molar-refractivity contribution in [3.05, 3.63) is 75.4 Å². The van der Waals surface area contributed by atoms with E-state index in [0.29, 0.717) is 28.8 Å². The number of hydrogen-bond donors (Lipinski definition) is 4. The molecule has 2 heterocycles. The number of aliphatic imine (C=N–C) groups is 1. The highest BCUT2D eigenvalue weighted by atomic mass is 19.3. The molecule has 0 saturated heterocycles. The first-order valence-corrected chi connectivity index (χ1v) is 9.87. The van der Waals surface area contributed by atoms with Crippen LogP contribution in [0.3, 0.4) is 0 Å². The topological polar surface area (TPSA) is 125 Å². The molecule has 1 unspecified atom stereocenters. The summed E-state index contributed by atoms with van der Waals surface area (Å²) in [4.78, 5) is 34.5. The highest BCUT2D eigenvalue weighted by molar-refractivity contribution is 6.24. The van der Waals surface area contributed by atoms with E-state index in [1.165, 1.54) is 24.3 Å². The van der Waals surface area contributed by atoms with E-state index in [-0.39, 0.29) is 35.5 Å². The van der Waals surface area contributed by atoms with E-state index >= 15 is 0 Å². The summed E-state index contributed by atoms with van der Waals surface area (Å²) in [5.74, 6) is -3.36. The monoisotopic (exact) mass is 442 g/mol. The lowest BCUT2D eigenvalue weighted by Crippen LogP contribution is -2.32. The molecule has 0 fully saturated rings. The second kappa shape index (κ2) is 9.13. The number of nitrogens with one attached hydrogen (secondary N) is 3. The van der Waals surface area contributed by atoms with Gasteiger partial charge in [-0.2, -0.15) is 8.78 Å². The van der Waals surface area contributed by atoms with Crippen molar-refractivity contribution in [1.29, 1.82) is 0 Å². The van der Waals surface area contributed by atoms with Gasteiger partial charge in [-0.3, -0.25) is 14.6 Å². The summed E-state index contributed by atoms with van der Waals surface area (Å²) >= 11 is 0. The third kappa shape index (κ3) is 4.58. The van der Waals surface area contributed by atoms with Crippen molar-refractivity contribution in [3.8, 4) is 0 Å². The van der Waals surface area contributed by atoms with Crippen LogP contribution in [0.25, 0.3) is 5.57 Å². The average molecular weight is 442 g/mol. The number of benzene rings is 1. The predicted octanol–water partition coefficient (Wildman–Crippen LogP) is 2.10. The Kier molecular flexibility index (Phi) is 6.52. The number of nitrogens with zero attached hydrogens (tertiary/aromatic N) is 2. The van der Waals surface area contributed by atoms with Gasteiger partial charge >= 0.3 is 0 Å². The number of H-pyrrole nitrogens is 1. The molecule has 10 heteroatoms. The van der Waals surface area contributed by atoms with Crippen LogP contribution < -0.4 is 21.9 Å². The number of amidine groups is 1. The quantitative estimate of drug-likeness (QED) is 0.466. The number of nitrogens with two attached hydrogens (primary N) is 1. The van der Waals surface area contributed by atoms with Gasteiger partial charge in [-0.25, -0.2) is 4.98 Å². The maximum atomic E-state index is 14.6. The van der Waals surface area contributed by atoms with Gasteiger partial charge < -0.3 is 21.4 Å². The SMILES string of the molecule is C=C1C(CNC=O)=C(c2nc(NCC(F)(F)c3ccccc3)c(=O)[nH]c2C)C(N)=NC1C. The molecule has 1 atom stereocenters. The molecule has 0 saturated carbocycles. The Balaban J connectivity index is 2.01. The van der Waals surface area contributed by atoms with Crippen molar-refractivity contribution >= 4 is 23.6 Å². The molecule has 0 radical (unpaired) electrons. The van der Waals surface area contributed by atoms with E-state index in [9.17, 15) is 18.4 Å². The van der Waals surface area contributed by atoms with E-state index < -0.39 is 18.0 Å². The Hall–Kier alpha value is -3.82. The number of hydrogen-bond acceptors (Lipinski definition) is 6. The van der Waals surface area contributed by atoms with Crippen LogP contribution in [-0.4, -0.2) is 41.3 Å². The number of dihydropyridines is 1. The minimum absolute atomic E-state index is 0.118. The highest BCUT2D eigenvalue weighted by Gasteiger charge is 2.32. The standard InChI is InChI=1S/C22H24F2N6O2/c1-12-13(2)28-19(25)17(16(12)9-26-11-31)18-14(3)29-21(32)20(30-18)27-10-22(23,24)15-7-5-4-6-8-15/h4-8,11,13H,1,9-10H2,2-3H3,(H2,25,28)(H,26,31)(H,27,30)(H,29,32). The van der Waals surface area contributed by atoms with Crippen molar-refractivity contribution in [2.75, 3.05) is 18.4 Å². The number of anilines is 1. The third-order valence-electron chi connectivity index (χ3n) is 5.15. The Labute approximate surface area is 183 Å². The summed E-state index contributed by atoms with van der Waals surface area (Å²) in [6.07, 6.45) is 0.538. The number of carbonyl (C=O) groups is 1. The van der Waals surface area contributed by atoms with Gasteiger partial charge in [0.25, 0.3) is 11.5 Å². The molecule has 8 nitrogen and oxygen atoms in total. The molecule has 1 amide bonds. The fourth-order valence-corrected chi connectivity index (χ4v) is 3.41. The molecule has 0 spiro atoms. The molecule has 1 aliphatic rings. The molecule has 32 heavy (non-hydrogen) atoms. The Bertz CT molecular complexity index is 1150. The van der Waals surface area contributed by atoms with E-state index in [1.54, 1.807) is 19.9 Å². The van der Waals surface area contributed by atoms with Crippen molar-refractivity contribution in [3.63, 3.8) is 0 Å². The lowest BCUT2D eigenvalue weighted by Gasteiger charge is -2.25. The zero-order valence-electron chi connectivity index (χ0n) is 17.7. The normalized spacial score (nSPS) is 16.6. The molecule has 3 rings (SSSR count). The molecule has 2 aromatic rings. The van der Waals surface area contributed by atoms with Crippen molar-refractivity contribution in [2.24, 2.45) is 10.7 Å². The predicted molar refractivity (Wildman–Crippen MR) is 120 cm³/mol. The molecule has 0 bridgehead atoms. The van der Waals surface area contributed by atoms with Crippen LogP contribution in [0.2, 0.25) is 0 Å². The van der Waals surface area contributed by atoms with Crippen LogP contribution in [0.1, 0.15) is 23.9 Å². The zero-order chi connectivity index (χ0) is 23.5. The first-order chi connectivity index (χ1) is 15.2. The largest absolute Gasteiger partial charge is 0.383 e. The third-order valence-corrected chi connectivity index (χ3v) is 5.15. The lowest BCUT2D eigenvalue weighted by atomic mass is 9.90. The summed E-state index contributed by atoms with van der Waals surface area (Å²) in [5, 5.41) is 5.02. The van der Waals surface area contributed by atoms with Crippen molar-refractivity contribution in [1.82, 2.24) is 15.3 Å². The molecular weight excluding hydrogens is 418 g/mol. The van der Waals surface area contributed by atoms with E-state index in [4.69, 9.17) is 5.73 Å². The molecule has 5 N–H and O–H groups in total. The number of amides is 1. The van der Waals surface area contributed by atoms with Crippen LogP contribution in [0.4, 0.5) is 14.6 Å². The van der Waals surface area contributed by atoms with Gasteiger partial charge in [0.1, 0.15) is 5.84 Å². The first-order valence-electron chi connectivity index (χ1n) is 9.87. The zero-order valence-corrected chi connectivity index (χ0v) is 17.7. The maximum absolute atomic E-state index is 14.6. The average Bonchev–Trinajstić information content (AvgIpc) is 2.76. The number of aromatic amines is 1. The van der Waals surface area contributed by atoms with Gasteiger partial charge in [0.15, 0.2) is 5.82 Å². The Morgan fingerprint density at radius 2 is 2.00 bits per heavy atom. The summed E-state index contributed by atoms with van der Waals surface area (Å²) in [6.45, 7) is 6.72. The van der Waals surface area contributed by atoms with Crippen LogP contribution >= 0.6 is 0 Å². The molecule has 1 aliphatic heterocycles. The van der Waals surface area contributed by atoms with Crippen molar-refractivity contribution < 1.29 is 13.6 Å². The number of rotatable bonds is 8. The maximum Gasteiger partial charge on any atom is 0.290 e. The van der Waals surface area contributed by atoms with Gasteiger partial charge in [0.05, 0.1) is 18.3 Å². The van der Waals surface area contributed by atoms with Gasteiger partial charge in [-0.15, -0.1) is 0 Å². The first kappa shape index (κ1) is 22.9. The van der Waals surface area contributed by atoms with E-state index in [0.717, 1.165) is 0 Å². The molecule has 0 aliphatic carbocycles. The Morgan fingerprint density at radius 3 is 2.66 bits per heavy atom. The summed E-state index contributed by atoms with van der Waals surface area (Å²) in [5.41, 5.74) is 7.56. The summed E-state index contributed by atoms with van der Waals surface area (Å²) in [6, 6.07) is 6.97. The second-order valence-corrected chi connectivity index (χ2v) is 7.38. The molecule has 1 aromatic carbocycles. The fraction of sp³-hybridized carbons (Fsp3) is 0.273. The van der Waals surface area contributed by atoms with Crippen LogP contribution in [0.15, 0.2) is 57.8 Å². The molecular formula is C22H24F2N6O2. The second-order valence-electron chi connectivity index (χ2n) is 7.38. The van der Waals surface area contributed by atoms with Crippen LogP contribution in [0.5, 0.6) is 0 Å². The molecule has 168 valence electrons. The smallest absolute Gasteiger partial charge is 0.290 e. The Morgan fingerprint density at radius 1 is 1.31 bits per heavy atom. The minimum Gasteiger partial charge on any atom is -0.383 e. The van der Waals surface area contributed by atoms with Crippen LogP contribution in [0, 0.1) is 6.92 Å². The highest BCUT2D eigenvalue weighted by Crippen LogP contribution is 2.31. The number of carbonyl (C=O) groups excluding carboxylic acids is 1. The van der Waals surface area contributed by atoms with Gasteiger partial charge in [-0.1, -0.05) is 36.9 Å². The van der Waals surface area contributed by atoms with Gasteiger partial charge in [-0.05, 0) is 25.0 Å². The van der Waals surface area contributed by atoms with Crippen LogP contribution in [-0.2, 0) is 10.7 Å². The number of aromatic nitrogens is 2. The van der Waals surface area contributed by atoms with E-state index in [2.05, 4.69) is 32.2 Å².